The molecule has 0 aliphatic rings. The first-order valence-electron chi connectivity index (χ1n) is 9.93. The number of aryl methyl sites for hydroxylation is 1. The van der Waals surface area contributed by atoms with E-state index in [1.807, 2.05) is 37.3 Å². The van der Waals surface area contributed by atoms with E-state index in [1.54, 1.807) is 31.2 Å². The summed E-state index contributed by atoms with van der Waals surface area (Å²) < 4.78 is 41.6. The zero-order chi connectivity index (χ0) is 22.4. The molecule has 0 saturated heterocycles. The first-order valence-corrected chi connectivity index (χ1v) is 11.4. The lowest BCUT2D eigenvalue weighted by Crippen LogP contribution is -2.48. The van der Waals surface area contributed by atoms with Crippen LogP contribution in [0.5, 0.6) is 0 Å². The minimum absolute atomic E-state index is 0.0931. The van der Waals surface area contributed by atoms with Gasteiger partial charge in [0.05, 0.1) is 10.9 Å². The van der Waals surface area contributed by atoms with E-state index in [0.29, 0.717) is 0 Å². The van der Waals surface area contributed by atoms with Crippen molar-refractivity contribution in [3.63, 3.8) is 0 Å². The van der Waals surface area contributed by atoms with Gasteiger partial charge >= 0.3 is 0 Å². The second-order valence-electron chi connectivity index (χ2n) is 7.46. The van der Waals surface area contributed by atoms with Gasteiger partial charge in [-0.05, 0) is 55.7 Å². The van der Waals surface area contributed by atoms with Crippen LogP contribution in [0.15, 0.2) is 83.8 Å². The number of hydrogen-bond acceptors (Lipinski definition) is 3. The molecule has 31 heavy (non-hydrogen) atoms. The molecular formula is C24H25FN2O3S. The number of carbonyl (C=O) groups excluding carboxylic acids is 1. The van der Waals surface area contributed by atoms with Gasteiger partial charge in [0.1, 0.15) is 11.9 Å². The molecule has 5 nitrogen and oxygen atoms in total. The molecule has 3 aromatic carbocycles. The van der Waals surface area contributed by atoms with E-state index in [1.165, 1.54) is 24.3 Å². The molecule has 0 fully saturated rings. The smallest absolute Gasteiger partial charge is 0.241 e. The van der Waals surface area contributed by atoms with Crippen LogP contribution >= 0.6 is 0 Å². The van der Waals surface area contributed by atoms with E-state index in [2.05, 4.69) is 10.0 Å². The highest BCUT2D eigenvalue weighted by atomic mass is 32.2. The van der Waals surface area contributed by atoms with Gasteiger partial charge in [0.25, 0.3) is 0 Å². The van der Waals surface area contributed by atoms with Crippen LogP contribution < -0.4 is 10.0 Å². The molecule has 3 aromatic rings. The van der Waals surface area contributed by atoms with Gasteiger partial charge in [-0.1, -0.05) is 60.2 Å². The van der Waals surface area contributed by atoms with E-state index < -0.39 is 28.0 Å². The van der Waals surface area contributed by atoms with E-state index in [0.717, 1.165) is 16.7 Å². The van der Waals surface area contributed by atoms with Crippen LogP contribution in [0.2, 0.25) is 0 Å². The normalized spacial score (nSPS) is 13.4. The number of amides is 1. The van der Waals surface area contributed by atoms with E-state index in [4.69, 9.17) is 0 Å². The second-order valence-corrected chi connectivity index (χ2v) is 9.17. The van der Waals surface area contributed by atoms with Crippen molar-refractivity contribution < 1.29 is 17.6 Å². The van der Waals surface area contributed by atoms with Crippen LogP contribution in [0.1, 0.15) is 29.7 Å². The number of halogens is 1. The van der Waals surface area contributed by atoms with Gasteiger partial charge in [0.15, 0.2) is 0 Å². The van der Waals surface area contributed by atoms with Crippen molar-refractivity contribution in [3.8, 4) is 0 Å². The summed E-state index contributed by atoms with van der Waals surface area (Å²) >= 11 is 0. The van der Waals surface area contributed by atoms with Gasteiger partial charge in [0.2, 0.25) is 15.9 Å². The largest absolute Gasteiger partial charge is 0.348 e. The molecule has 3 rings (SSSR count). The Bertz CT molecular complexity index is 1120. The Morgan fingerprint density at radius 1 is 0.935 bits per heavy atom. The van der Waals surface area contributed by atoms with Crippen LogP contribution in [-0.4, -0.2) is 20.4 Å². The quantitative estimate of drug-likeness (QED) is 0.558. The molecule has 0 spiro atoms. The van der Waals surface area contributed by atoms with Gasteiger partial charge < -0.3 is 5.32 Å². The summed E-state index contributed by atoms with van der Waals surface area (Å²) in [5, 5.41) is 2.83. The molecule has 7 heteroatoms. The van der Waals surface area contributed by atoms with Gasteiger partial charge in [-0.3, -0.25) is 4.79 Å². The second kappa shape index (κ2) is 9.85. The van der Waals surface area contributed by atoms with Crippen LogP contribution in [-0.2, 0) is 21.2 Å². The van der Waals surface area contributed by atoms with Crippen LogP contribution in [0.25, 0.3) is 0 Å². The number of rotatable bonds is 8. The molecular weight excluding hydrogens is 415 g/mol. The summed E-state index contributed by atoms with van der Waals surface area (Å²) in [6.45, 7) is 3.63. The predicted molar refractivity (Wildman–Crippen MR) is 118 cm³/mol. The molecule has 0 radical (unpaired) electrons. The summed E-state index contributed by atoms with van der Waals surface area (Å²) in [6.07, 6.45) is 0.188. The number of carbonyl (C=O) groups is 1. The SMILES string of the molecule is Cc1ccc(S(=O)(=O)NC(Cc2ccccc2)C(=O)NC(C)c2ccc(F)cc2)cc1. The first-order chi connectivity index (χ1) is 14.7. The maximum Gasteiger partial charge on any atom is 0.241 e. The molecule has 0 heterocycles. The number of hydrogen-bond donors (Lipinski definition) is 2. The van der Waals surface area contributed by atoms with Crippen LogP contribution in [0.4, 0.5) is 4.39 Å². The molecule has 0 bridgehead atoms. The maximum atomic E-state index is 13.2. The summed E-state index contributed by atoms with van der Waals surface area (Å²) in [7, 11) is -3.91. The van der Waals surface area contributed by atoms with Gasteiger partial charge in [-0.25, -0.2) is 12.8 Å². The van der Waals surface area contributed by atoms with Gasteiger partial charge in [-0.15, -0.1) is 0 Å². The van der Waals surface area contributed by atoms with Crippen molar-refractivity contribution in [2.45, 2.75) is 37.2 Å². The minimum Gasteiger partial charge on any atom is -0.348 e. The Morgan fingerprint density at radius 3 is 2.16 bits per heavy atom. The fourth-order valence-corrected chi connectivity index (χ4v) is 4.35. The molecule has 1 amide bonds. The van der Waals surface area contributed by atoms with Gasteiger partial charge in [-0.2, -0.15) is 4.72 Å². The highest BCUT2D eigenvalue weighted by Crippen LogP contribution is 2.16. The highest BCUT2D eigenvalue weighted by molar-refractivity contribution is 7.89. The third-order valence-corrected chi connectivity index (χ3v) is 6.44. The topological polar surface area (TPSA) is 75.3 Å². The Hall–Kier alpha value is -3.03. The zero-order valence-electron chi connectivity index (χ0n) is 17.4. The van der Waals surface area contributed by atoms with Crippen LogP contribution in [0.3, 0.4) is 0 Å². The van der Waals surface area contributed by atoms with Gasteiger partial charge in [0, 0.05) is 0 Å². The number of benzene rings is 3. The molecule has 2 N–H and O–H groups in total. The fourth-order valence-electron chi connectivity index (χ4n) is 3.16. The van der Waals surface area contributed by atoms with Crippen molar-refractivity contribution in [2.75, 3.05) is 0 Å². The average Bonchev–Trinajstić information content (AvgIpc) is 2.74. The van der Waals surface area contributed by atoms with E-state index in [-0.39, 0.29) is 17.1 Å². The first kappa shape index (κ1) is 22.7. The summed E-state index contributed by atoms with van der Waals surface area (Å²) in [6, 6.07) is 20.0. The van der Waals surface area contributed by atoms with Crippen LogP contribution in [0, 0.1) is 12.7 Å². The van der Waals surface area contributed by atoms with Crippen molar-refractivity contribution in [1.29, 1.82) is 0 Å². The molecule has 2 unspecified atom stereocenters. The number of nitrogens with one attached hydrogen (secondary N) is 2. The van der Waals surface area contributed by atoms with Crippen molar-refractivity contribution in [1.82, 2.24) is 10.0 Å². The Balaban J connectivity index is 1.82. The summed E-state index contributed by atoms with van der Waals surface area (Å²) in [5.41, 5.74) is 2.48. The Morgan fingerprint density at radius 2 is 1.55 bits per heavy atom. The summed E-state index contributed by atoms with van der Waals surface area (Å²) in [4.78, 5) is 13.1. The van der Waals surface area contributed by atoms with Crippen molar-refractivity contribution in [2.24, 2.45) is 0 Å². The lowest BCUT2D eigenvalue weighted by Gasteiger charge is -2.22. The Labute approximate surface area is 182 Å². The third-order valence-electron chi connectivity index (χ3n) is 4.96. The monoisotopic (exact) mass is 440 g/mol. The molecule has 0 aliphatic carbocycles. The maximum absolute atomic E-state index is 13.2. The summed E-state index contributed by atoms with van der Waals surface area (Å²) in [5.74, 6) is -0.827. The van der Waals surface area contributed by atoms with Crippen molar-refractivity contribution in [3.05, 3.63) is 101 Å². The molecule has 162 valence electrons. The third kappa shape index (κ3) is 6.23. The molecule has 0 aliphatic heterocycles. The number of sulfonamides is 1. The predicted octanol–water partition coefficient (Wildman–Crippen LogP) is 3.90. The lowest BCUT2D eigenvalue weighted by atomic mass is 10.0. The lowest BCUT2D eigenvalue weighted by molar-refractivity contribution is -0.123. The molecule has 0 aromatic heterocycles. The standard InChI is InChI=1S/C24H25FN2O3S/c1-17-8-14-22(15-9-17)31(29,30)27-23(16-19-6-4-3-5-7-19)24(28)26-18(2)20-10-12-21(25)13-11-20/h3-15,18,23,27H,16H2,1-2H3,(H,26,28). The minimum atomic E-state index is -3.91. The Kier molecular flexibility index (Phi) is 7.20. The average molecular weight is 441 g/mol. The molecule has 2 atom stereocenters. The zero-order valence-corrected chi connectivity index (χ0v) is 18.2. The molecule has 0 saturated carbocycles. The van der Waals surface area contributed by atoms with E-state index >= 15 is 0 Å². The van der Waals surface area contributed by atoms with E-state index in [9.17, 15) is 17.6 Å². The fraction of sp³-hybridized carbons (Fsp3) is 0.208. The van der Waals surface area contributed by atoms with Crippen molar-refractivity contribution >= 4 is 15.9 Å². The highest BCUT2D eigenvalue weighted by Gasteiger charge is 2.27.